The molecule has 0 heterocycles. The Morgan fingerprint density at radius 2 is 1.94 bits per heavy atom. The van der Waals surface area contributed by atoms with Crippen LogP contribution in [0.2, 0.25) is 0 Å². The Labute approximate surface area is 103 Å². The first-order chi connectivity index (χ1) is 7.61. The second kappa shape index (κ2) is 6.75. The van der Waals surface area contributed by atoms with Crippen LogP contribution in [0.25, 0.3) is 0 Å². The molecule has 17 heavy (non-hydrogen) atoms. The number of halogens is 3. The molecule has 0 spiro atoms. The molecule has 0 unspecified atom stereocenters. The van der Waals surface area contributed by atoms with E-state index in [0.717, 1.165) is 0 Å². The maximum absolute atomic E-state index is 11.9. The zero-order valence-electron chi connectivity index (χ0n) is 9.67. The predicted molar refractivity (Wildman–Crippen MR) is 62.6 cm³/mol. The third kappa shape index (κ3) is 8.87. The van der Waals surface area contributed by atoms with Crippen molar-refractivity contribution in [2.24, 2.45) is 5.73 Å². The Kier molecular flexibility index (Phi) is 6.40. The summed E-state index contributed by atoms with van der Waals surface area (Å²) in [5.41, 5.74) is 5.33. The summed E-state index contributed by atoms with van der Waals surface area (Å²) in [5, 5.41) is 1.79. The predicted octanol–water partition coefficient (Wildman–Crippen LogP) is 0.661. The molecule has 0 aromatic heterocycles. The maximum atomic E-state index is 11.9. The van der Waals surface area contributed by atoms with Gasteiger partial charge in [-0.1, -0.05) is 12.2 Å². The zero-order valence-corrected chi connectivity index (χ0v) is 10.5. The molecule has 0 saturated carbocycles. The SMILES string of the molecule is CC(C)N(CC(=O)NCC(F)(F)F)CC(N)=S. The minimum Gasteiger partial charge on any atom is -0.392 e. The molecule has 100 valence electrons. The van der Waals surface area contributed by atoms with Crippen molar-refractivity contribution in [3.05, 3.63) is 0 Å². The first-order valence-electron chi connectivity index (χ1n) is 4.97. The molecular formula is C9H16F3N3OS. The smallest absolute Gasteiger partial charge is 0.392 e. The number of carbonyl (C=O) groups is 1. The fourth-order valence-corrected chi connectivity index (χ4v) is 1.23. The molecule has 0 fully saturated rings. The quantitative estimate of drug-likeness (QED) is 0.697. The van der Waals surface area contributed by atoms with Crippen molar-refractivity contribution in [3.63, 3.8) is 0 Å². The molecule has 0 atom stereocenters. The highest BCUT2D eigenvalue weighted by Crippen LogP contribution is 2.12. The van der Waals surface area contributed by atoms with Crippen LogP contribution in [0.1, 0.15) is 13.8 Å². The molecule has 1 amide bonds. The summed E-state index contributed by atoms with van der Waals surface area (Å²) in [4.78, 5) is 13.0. The van der Waals surface area contributed by atoms with Gasteiger partial charge in [-0.25, -0.2) is 0 Å². The Morgan fingerprint density at radius 3 is 2.29 bits per heavy atom. The van der Waals surface area contributed by atoms with Gasteiger partial charge >= 0.3 is 6.18 Å². The lowest BCUT2D eigenvalue weighted by Crippen LogP contribution is -2.46. The standard InChI is InChI=1S/C9H16F3N3OS/c1-6(2)15(3-7(13)17)4-8(16)14-5-9(10,11)12/h6H,3-5H2,1-2H3,(H2,13,17)(H,14,16). The summed E-state index contributed by atoms with van der Waals surface area (Å²) in [6.45, 7) is 2.31. The molecule has 3 N–H and O–H groups in total. The third-order valence-electron chi connectivity index (χ3n) is 1.92. The van der Waals surface area contributed by atoms with Gasteiger partial charge in [-0.05, 0) is 13.8 Å². The van der Waals surface area contributed by atoms with Crippen LogP contribution < -0.4 is 11.1 Å². The van der Waals surface area contributed by atoms with Gasteiger partial charge in [0.15, 0.2) is 0 Å². The summed E-state index contributed by atoms with van der Waals surface area (Å²) in [6.07, 6.45) is -4.40. The van der Waals surface area contributed by atoms with Crippen molar-refractivity contribution >= 4 is 23.1 Å². The van der Waals surface area contributed by atoms with Crippen LogP contribution in [0, 0.1) is 0 Å². The summed E-state index contributed by atoms with van der Waals surface area (Å²) in [7, 11) is 0. The average Bonchev–Trinajstić information content (AvgIpc) is 2.11. The Bertz CT molecular complexity index is 281. The van der Waals surface area contributed by atoms with Gasteiger partial charge in [-0.2, -0.15) is 13.2 Å². The van der Waals surface area contributed by atoms with Gasteiger partial charge in [0.2, 0.25) is 5.91 Å². The minimum absolute atomic E-state index is 0.0341. The third-order valence-corrected chi connectivity index (χ3v) is 2.05. The number of carbonyl (C=O) groups excluding carboxylic acids is 1. The fraction of sp³-hybridized carbons (Fsp3) is 0.778. The largest absolute Gasteiger partial charge is 0.405 e. The van der Waals surface area contributed by atoms with E-state index >= 15 is 0 Å². The van der Waals surface area contributed by atoms with Crippen molar-refractivity contribution in [3.8, 4) is 0 Å². The van der Waals surface area contributed by atoms with E-state index in [9.17, 15) is 18.0 Å². The number of amides is 1. The molecule has 8 heteroatoms. The van der Waals surface area contributed by atoms with E-state index in [1.165, 1.54) is 0 Å². The molecule has 4 nitrogen and oxygen atoms in total. The lowest BCUT2D eigenvalue weighted by molar-refractivity contribution is -0.139. The van der Waals surface area contributed by atoms with Crippen LogP contribution in [0.3, 0.4) is 0 Å². The number of nitrogens with one attached hydrogen (secondary N) is 1. The Morgan fingerprint density at radius 1 is 1.41 bits per heavy atom. The summed E-state index contributed by atoms with van der Waals surface area (Å²) < 4.78 is 35.6. The molecule has 0 bridgehead atoms. The number of hydrogen-bond acceptors (Lipinski definition) is 3. The molecular weight excluding hydrogens is 255 g/mol. The van der Waals surface area contributed by atoms with Gasteiger partial charge in [0.25, 0.3) is 0 Å². The molecule has 0 saturated heterocycles. The Hall–Kier alpha value is -0.890. The van der Waals surface area contributed by atoms with Crippen LogP contribution in [0.4, 0.5) is 13.2 Å². The Balaban J connectivity index is 4.18. The lowest BCUT2D eigenvalue weighted by atomic mass is 10.3. The van der Waals surface area contributed by atoms with Crippen molar-refractivity contribution in [2.45, 2.75) is 26.1 Å². The molecule has 0 aliphatic heterocycles. The highest BCUT2D eigenvalue weighted by Gasteiger charge is 2.28. The van der Waals surface area contributed by atoms with Crippen molar-refractivity contribution in [1.82, 2.24) is 10.2 Å². The van der Waals surface area contributed by atoms with Gasteiger partial charge in [0.05, 0.1) is 11.5 Å². The molecule has 0 aliphatic carbocycles. The van der Waals surface area contributed by atoms with Crippen LogP contribution in [-0.2, 0) is 4.79 Å². The van der Waals surface area contributed by atoms with E-state index in [2.05, 4.69) is 0 Å². The monoisotopic (exact) mass is 271 g/mol. The van der Waals surface area contributed by atoms with Gasteiger partial charge < -0.3 is 11.1 Å². The van der Waals surface area contributed by atoms with Gasteiger partial charge in [0.1, 0.15) is 6.54 Å². The van der Waals surface area contributed by atoms with Crippen molar-refractivity contribution < 1.29 is 18.0 Å². The minimum atomic E-state index is -4.40. The second-order valence-electron chi connectivity index (χ2n) is 3.86. The molecule has 0 rings (SSSR count). The number of thiocarbonyl (C=S) groups is 1. The maximum Gasteiger partial charge on any atom is 0.405 e. The van der Waals surface area contributed by atoms with E-state index in [0.29, 0.717) is 0 Å². The first-order valence-corrected chi connectivity index (χ1v) is 5.38. The van der Waals surface area contributed by atoms with Gasteiger partial charge in [-0.3, -0.25) is 9.69 Å². The van der Waals surface area contributed by atoms with Crippen LogP contribution in [0.15, 0.2) is 0 Å². The lowest BCUT2D eigenvalue weighted by Gasteiger charge is -2.25. The van der Waals surface area contributed by atoms with E-state index in [1.807, 2.05) is 0 Å². The number of rotatable bonds is 6. The van der Waals surface area contributed by atoms with E-state index < -0.39 is 18.6 Å². The highest BCUT2D eigenvalue weighted by atomic mass is 32.1. The normalized spacial score (nSPS) is 11.9. The van der Waals surface area contributed by atoms with Crippen molar-refractivity contribution in [2.75, 3.05) is 19.6 Å². The summed E-state index contributed by atoms with van der Waals surface area (Å²) in [5.74, 6) is -0.702. The summed E-state index contributed by atoms with van der Waals surface area (Å²) >= 11 is 4.69. The van der Waals surface area contributed by atoms with Gasteiger partial charge in [-0.15, -0.1) is 0 Å². The number of alkyl halides is 3. The number of hydrogen-bond donors (Lipinski definition) is 2. The van der Waals surface area contributed by atoms with Crippen LogP contribution >= 0.6 is 12.2 Å². The molecule has 0 aliphatic rings. The number of nitrogens with zero attached hydrogens (tertiary/aromatic N) is 1. The van der Waals surface area contributed by atoms with E-state index in [4.69, 9.17) is 18.0 Å². The molecule has 0 aromatic rings. The van der Waals surface area contributed by atoms with Crippen LogP contribution in [0.5, 0.6) is 0 Å². The number of nitrogens with two attached hydrogens (primary N) is 1. The van der Waals surface area contributed by atoms with Crippen molar-refractivity contribution in [1.29, 1.82) is 0 Å². The highest BCUT2D eigenvalue weighted by molar-refractivity contribution is 7.80. The second-order valence-corrected chi connectivity index (χ2v) is 4.38. The summed E-state index contributed by atoms with van der Waals surface area (Å²) in [6, 6.07) is -0.0341. The van der Waals surface area contributed by atoms with Gasteiger partial charge in [0, 0.05) is 12.6 Å². The van der Waals surface area contributed by atoms with E-state index in [1.54, 1.807) is 24.1 Å². The average molecular weight is 271 g/mol. The first kappa shape index (κ1) is 16.1. The molecule has 0 radical (unpaired) electrons. The zero-order chi connectivity index (χ0) is 13.6. The fourth-order valence-electron chi connectivity index (χ4n) is 1.06. The van der Waals surface area contributed by atoms with E-state index in [-0.39, 0.29) is 24.1 Å². The van der Waals surface area contributed by atoms with Crippen LogP contribution in [-0.4, -0.2) is 47.6 Å². The molecule has 0 aromatic carbocycles. The topological polar surface area (TPSA) is 58.4 Å².